The van der Waals surface area contributed by atoms with Crippen LogP contribution in [-0.2, 0) is 9.59 Å². The Kier molecular flexibility index (Phi) is 3.23. The van der Waals surface area contributed by atoms with Gasteiger partial charge in [-0.15, -0.1) is 0 Å². The van der Waals surface area contributed by atoms with Crippen molar-refractivity contribution >= 4 is 17.6 Å². The van der Waals surface area contributed by atoms with E-state index in [1.54, 1.807) is 13.0 Å². The molecule has 0 saturated carbocycles. The van der Waals surface area contributed by atoms with Crippen LogP contribution in [0.15, 0.2) is 24.3 Å². The highest BCUT2D eigenvalue weighted by molar-refractivity contribution is 5.86. The summed E-state index contributed by atoms with van der Waals surface area (Å²) in [5.41, 5.74) is 6.87. The Morgan fingerprint density at radius 2 is 2.11 bits per heavy atom. The molecule has 1 amide bonds. The largest absolute Gasteiger partial charge is 0.481 e. The summed E-state index contributed by atoms with van der Waals surface area (Å²) in [5, 5.41) is 9.21. The van der Waals surface area contributed by atoms with Gasteiger partial charge in [-0.1, -0.05) is 18.2 Å². The zero-order valence-corrected chi connectivity index (χ0v) is 10.2. The molecule has 0 spiro atoms. The second-order valence-corrected chi connectivity index (χ2v) is 4.51. The SMILES string of the molecule is CC(C(N)=O)N1CCC(C(=O)O)c2ccccc21. The summed E-state index contributed by atoms with van der Waals surface area (Å²) in [7, 11) is 0. The van der Waals surface area contributed by atoms with E-state index in [1.807, 2.05) is 23.1 Å². The van der Waals surface area contributed by atoms with Crippen LogP contribution in [-0.4, -0.2) is 29.6 Å². The standard InChI is InChI=1S/C13H16N2O3/c1-8(12(14)16)15-7-6-10(13(17)18)9-4-2-3-5-11(9)15/h2-5,8,10H,6-7H2,1H3,(H2,14,16)(H,17,18). The van der Waals surface area contributed by atoms with Crippen LogP contribution in [0.25, 0.3) is 0 Å². The van der Waals surface area contributed by atoms with E-state index in [4.69, 9.17) is 5.73 Å². The highest BCUT2D eigenvalue weighted by Crippen LogP contribution is 2.36. The number of amides is 1. The zero-order valence-electron chi connectivity index (χ0n) is 10.2. The number of fused-ring (bicyclic) bond motifs is 1. The maximum atomic E-state index is 11.3. The monoisotopic (exact) mass is 248 g/mol. The lowest BCUT2D eigenvalue weighted by atomic mass is 9.89. The number of hydrogen-bond donors (Lipinski definition) is 2. The van der Waals surface area contributed by atoms with Gasteiger partial charge < -0.3 is 15.7 Å². The molecular formula is C13H16N2O3. The molecule has 0 bridgehead atoms. The van der Waals surface area contributed by atoms with Gasteiger partial charge in [0.05, 0.1) is 5.92 Å². The fourth-order valence-corrected chi connectivity index (χ4v) is 2.40. The molecule has 5 nitrogen and oxygen atoms in total. The summed E-state index contributed by atoms with van der Waals surface area (Å²) in [6, 6.07) is 6.86. The van der Waals surface area contributed by atoms with Crippen molar-refractivity contribution in [2.24, 2.45) is 5.73 Å². The van der Waals surface area contributed by atoms with Gasteiger partial charge in [-0.3, -0.25) is 9.59 Å². The second kappa shape index (κ2) is 4.68. The predicted octanol–water partition coefficient (Wildman–Crippen LogP) is 0.939. The van der Waals surface area contributed by atoms with Gasteiger partial charge in [-0.05, 0) is 25.0 Å². The molecule has 2 atom stereocenters. The fraction of sp³-hybridized carbons (Fsp3) is 0.385. The summed E-state index contributed by atoms with van der Waals surface area (Å²) in [6.07, 6.45) is 0.490. The van der Waals surface area contributed by atoms with E-state index in [9.17, 15) is 14.7 Å². The molecule has 3 N–H and O–H groups in total. The lowest BCUT2D eigenvalue weighted by Gasteiger charge is -2.37. The Hall–Kier alpha value is -2.04. The number of primary amides is 1. The number of carbonyl (C=O) groups excluding carboxylic acids is 1. The molecule has 1 aliphatic rings. The van der Waals surface area contributed by atoms with E-state index in [2.05, 4.69) is 0 Å². The van der Waals surface area contributed by atoms with E-state index < -0.39 is 23.8 Å². The van der Waals surface area contributed by atoms with Gasteiger partial charge >= 0.3 is 5.97 Å². The van der Waals surface area contributed by atoms with E-state index in [0.29, 0.717) is 13.0 Å². The first kappa shape index (κ1) is 12.4. The van der Waals surface area contributed by atoms with Crippen LogP contribution in [0.3, 0.4) is 0 Å². The maximum absolute atomic E-state index is 11.3. The van der Waals surface area contributed by atoms with E-state index >= 15 is 0 Å². The summed E-state index contributed by atoms with van der Waals surface area (Å²) >= 11 is 0. The van der Waals surface area contributed by atoms with Crippen LogP contribution in [0, 0.1) is 0 Å². The van der Waals surface area contributed by atoms with E-state index in [0.717, 1.165) is 11.3 Å². The minimum atomic E-state index is -0.825. The minimum absolute atomic E-state index is 0.404. The Bertz CT molecular complexity index is 487. The van der Waals surface area contributed by atoms with Crippen molar-refractivity contribution in [1.82, 2.24) is 0 Å². The average Bonchev–Trinajstić information content (AvgIpc) is 2.36. The first-order valence-corrected chi connectivity index (χ1v) is 5.90. The van der Waals surface area contributed by atoms with Gasteiger partial charge in [0.15, 0.2) is 0 Å². The third-order valence-corrected chi connectivity index (χ3v) is 3.46. The number of carbonyl (C=O) groups is 2. The number of aliphatic carboxylic acids is 1. The Balaban J connectivity index is 2.42. The number of anilines is 1. The molecule has 0 radical (unpaired) electrons. The third kappa shape index (κ3) is 2.03. The van der Waals surface area contributed by atoms with Gasteiger partial charge in [0.2, 0.25) is 5.91 Å². The van der Waals surface area contributed by atoms with Crippen LogP contribution < -0.4 is 10.6 Å². The second-order valence-electron chi connectivity index (χ2n) is 4.51. The molecule has 1 heterocycles. The lowest BCUT2D eigenvalue weighted by molar-refractivity contribution is -0.139. The Morgan fingerprint density at radius 3 is 2.72 bits per heavy atom. The number of nitrogens with two attached hydrogens (primary N) is 1. The van der Waals surface area contributed by atoms with Crippen molar-refractivity contribution in [2.75, 3.05) is 11.4 Å². The van der Waals surface area contributed by atoms with Crippen LogP contribution in [0.2, 0.25) is 0 Å². The molecule has 96 valence electrons. The molecule has 0 aromatic heterocycles. The molecular weight excluding hydrogens is 232 g/mol. The third-order valence-electron chi connectivity index (χ3n) is 3.46. The predicted molar refractivity (Wildman–Crippen MR) is 67.4 cm³/mol. The van der Waals surface area contributed by atoms with Crippen molar-refractivity contribution in [3.63, 3.8) is 0 Å². The molecule has 2 unspecified atom stereocenters. The average molecular weight is 248 g/mol. The molecule has 1 aromatic rings. The van der Waals surface area contributed by atoms with Gasteiger partial charge in [-0.2, -0.15) is 0 Å². The first-order chi connectivity index (χ1) is 8.52. The van der Waals surface area contributed by atoms with Crippen molar-refractivity contribution in [3.05, 3.63) is 29.8 Å². The van der Waals surface area contributed by atoms with Gasteiger partial charge in [0, 0.05) is 12.2 Å². The summed E-state index contributed by atoms with van der Waals surface area (Å²) < 4.78 is 0. The number of nitrogens with zero attached hydrogens (tertiary/aromatic N) is 1. The first-order valence-electron chi connectivity index (χ1n) is 5.90. The summed E-state index contributed by atoms with van der Waals surface area (Å²) in [5.74, 6) is -1.73. The topological polar surface area (TPSA) is 83.6 Å². The summed E-state index contributed by atoms with van der Waals surface area (Å²) in [4.78, 5) is 24.4. The van der Waals surface area contributed by atoms with Crippen LogP contribution >= 0.6 is 0 Å². The number of hydrogen-bond acceptors (Lipinski definition) is 3. The molecule has 18 heavy (non-hydrogen) atoms. The van der Waals surface area contributed by atoms with Gasteiger partial charge in [0.1, 0.15) is 6.04 Å². The van der Waals surface area contributed by atoms with E-state index in [-0.39, 0.29) is 0 Å². The summed E-state index contributed by atoms with van der Waals surface area (Å²) in [6.45, 7) is 2.26. The van der Waals surface area contributed by atoms with Gasteiger partial charge in [-0.25, -0.2) is 0 Å². The van der Waals surface area contributed by atoms with Crippen molar-refractivity contribution in [1.29, 1.82) is 0 Å². The Labute approximate surface area is 105 Å². The fourth-order valence-electron chi connectivity index (χ4n) is 2.40. The zero-order chi connectivity index (χ0) is 13.3. The van der Waals surface area contributed by atoms with Crippen LogP contribution in [0.5, 0.6) is 0 Å². The molecule has 0 saturated heterocycles. The molecule has 5 heteroatoms. The van der Waals surface area contributed by atoms with Gasteiger partial charge in [0.25, 0.3) is 0 Å². The highest BCUT2D eigenvalue weighted by atomic mass is 16.4. The molecule has 0 fully saturated rings. The maximum Gasteiger partial charge on any atom is 0.311 e. The molecule has 1 aromatic carbocycles. The quantitative estimate of drug-likeness (QED) is 0.833. The van der Waals surface area contributed by atoms with E-state index in [1.165, 1.54) is 0 Å². The molecule has 0 aliphatic carbocycles. The number of benzene rings is 1. The minimum Gasteiger partial charge on any atom is -0.481 e. The van der Waals surface area contributed by atoms with Crippen LogP contribution in [0.1, 0.15) is 24.8 Å². The number of carboxylic acids is 1. The van der Waals surface area contributed by atoms with Crippen LogP contribution in [0.4, 0.5) is 5.69 Å². The smallest absolute Gasteiger partial charge is 0.311 e. The Morgan fingerprint density at radius 1 is 1.44 bits per heavy atom. The number of para-hydroxylation sites is 1. The number of rotatable bonds is 3. The molecule has 1 aliphatic heterocycles. The number of carboxylic acid groups (broad SMARTS) is 1. The molecule has 2 rings (SSSR count). The van der Waals surface area contributed by atoms with Crippen molar-refractivity contribution in [2.45, 2.75) is 25.3 Å². The lowest BCUT2D eigenvalue weighted by Crippen LogP contribution is -2.46. The van der Waals surface area contributed by atoms with Crippen molar-refractivity contribution < 1.29 is 14.7 Å². The normalized spacial score (nSPS) is 20.1. The highest BCUT2D eigenvalue weighted by Gasteiger charge is 2.32. The van der Waals surface area contributed by atoms with Crippen molar-refractivity contribution in [3.8, 4) is 0 Å².